The van der Waals surface area contributed by atoms with Crippen LogP contribution in [0.5, 0.6) is 0 Å². The Labute approximate surface area is 122 Å². The van der Waals surface area contributed by atoms with E-state index in [0.29, 0.717) is 5.89 Å². The zero-order valence-electron chi connectivity index (χ0n) is 12.4. The maximum Gasteiger partial charge on any atom is 0.231 e. The first-order chi connectivity index (χ1) is 10.0. The lowest BCUT2D eigenvalue weighted by Crippen LogP contribution is -2.31. The number of likely N-dealkylation sites (N-methyl/N-ethyl adjacent to an activating group) is 1. The van der Waals surface area contributed by atoms with Crippen LogP contribution in [0.4, 0.5) is 8.78 Å². The van der Waals surface area contributed by atoms with Crippen LogP contribution >= 0.6 is 0 Å². The van der Waals surface area contributed by atoms with Crippen molar-refractivity contribution >= 4 is 0 Å². The number of nitrogens with one attached hydrogen (secondary N) is 1. The highest BCUT2D eigenvalue weighted by molar-refractivity contribution is 5.54. The van der Waals surface area contributed by atoms with Crippen molar-refractivity contribution in [2.75, 3.05) is 6.54 Å². The minimum Gasteiger partial charge on any atom is -0.339 e. The van der Waals surface area contributed by atoms with Gasteiger partial charge in [-0.2, -0.15) is 4.98 Å². The smallest absolute Gasteiger partial charge is 0.231 e. The van der Waals surface area contributed by atoms with Gasteiger partial charge in [-0.15, -0.1) is 0 Å². The molecular formula is C15H19F2N3O. The molecule has 2 rings (SSSR count). The monoisotopic (exact) mass is 295 g/mol. The molecule has 1 aromatic carbocycles. The van der Waals surface area contributed by atoms with Crippen molar-refractivity contribution in [3.05, 3.63) is 35.7 Å². The van der Waals surface area contributed by atoms with Gasteiger partial charge in [0.1, 0.15) is 11.6 Å². The summed E-state index contributed by atoms with van der Waals surface area (Å²) < 4.78 is 31.7. The Morgan fingerprint density at radius 1 is 1.19 bits per heavy atom. The molecular weight excluding hydrogens is 276 g/mol. The molecule has 1 heterocycles. The molecule has 0 radical (unpaired) electrons. The minimum absolute atomic E-state index is 0.0598. The van der Waals surface area contributed by atoms with E-state index < -0.39 is 11.6 Å². The molecule has 0 saturated heterocycles. The van der Waals surface area contributed by atoms with E-state index in [4.69, 9.17) is 4.52 Å². The number of hydrogen-bond donors (Lipinski definition) is 1. The first kappa shape index (κ1) is 15.6. The van der Waals surface area contributed by atoms with Crippen molar-refractivity contribution in [3.63, 3.8) is 0 Å². The molecule has 0 aliphatic carbocycles. The van der Waals surface area contributed by atoms with Crippen molar-refractivity contribution in [2.45, 2.75) is 39.2 Å². The summed E-state index contributed by atoms with van der Waals surface area (Å²) in [6.07, 6.45) is 0.827. The first-order valence-corrected chi connectivity index (χ1v) is 7.08. The Kier molecular flexibility index (Phi) is 5.01. The third-order valence-corrected chi connectivity index (χ3v) is 3.45. The van der Waals surface area contributed by atoms with Crippen LogP contribution in [-0.2, 0) is 0 Å². The van der Waals surface area contributed by atoms with Gasteiger partial charge in [0, 0.05) is 17.7 Å². The predicted octanol–water partition coefficient (Wildman–Crippen LogP) is 3.51. The zero-order valence-corrected chi connectivity index (χ0v) is 12.4. The van der Waals surface area contributed by atoms with E-state index in [1.165, 1.54) is 12.1 Å². The molecule has 0 bridgehead atoms. The molecule has 4 nitrogen and oxygen atoms in total. The molecule has 0 spiro atoms. The predicted molar refractivity (Wildman–Crippen MR) is 75.8 cm³/mol. The molecule has 114 valence electrons. The van der Waals surface area contributed by atoms with Crippen molar-refractivity contribution in [2.24, 2.45) is 0 Å². The molecule has 1 N–H and O–H groups in total. The van der Waals surface area contributed by atoms with Crippen molar-refractivity contribution < 1.29 is 13.3 Å². The second kappa shape index (κ2) is 6.76. The lowest BCUT2D eigenvalue weighted by atomic mass is 9.98. The van der Waals surface area contributed by atoms with Crippen LogP contribution in [0.1, 0.15) is 39.0 Å². The topological polar surface area (TPSA) is 51.0 Å². The van der Waals surface area contributed by atoms with Gasteiger partial charge in [0.15, 0.2) is 0 Å². The van der Waals surface area contributed by atoms with E-state index in [2.05, 4.69) is 15.5 Å². The number of aromatic nitrogens is 2. The van der Waals surface area contributed by atoms with Crippen molar-refractivity contribution in [1.29, 1.82) is 0 Å². The van der Waals surface area contributed by atoms with Crippen LogP contribution in [0.15, 0.2) is 22.7 Å². The number of halogens is 2. The molecule has 0 aliphatic rings. The van der Waals surface area contributed by atoms with Gasteiger partial charge in [0.2, 0.25) is 11.7 Å². The van der Waals surface area contributed by atoms with E-state index in [0.717, 1.165) is 19.0 Å². The van der Waals surface area contributed by atoms with Gasteiger partial charge in [0.05, 0.1) is 5.92 Å². The fraction of sp³-hybridized carbons (Fsp3) is 0.467. The van der Waals surface area contributed by atoms with E-state index in [1.54, 1.807) is 0 Å². The molecule has 1 aromatic heterocycles. The highest BCUT2D eigenvalue weighted by atomic mass is 19.1. The molecule has 2 atom stereocenters. The molecule has 2 aromatic rings. The molecule has 0 saturated carbocycles. The highest BCUT2D eigenvalue weighted by Crippen LogP contribution is 2.25. The Morgan fingerprint density at radius 2 is 1.86 bits per heavy atom. The summed E-state index contributed by atoms with van der Waals surface area (Å²) in [5, 5.41) is 7.15. The number of rotatable bonds is 6. The van der Waals surface area contributed by atoms with Gasteiger partial charge < -0.3 is 9.84 Å². The van der Waals surface area contributed by atoms with Gasteiger partial charge in [-0.1, -0.05) is 19.0 Å². The SMILES string of the molecule is CCNC(C)C(CC)c1nc(-c2cc(F)cc(F)c2)no1. The zero-order chi connectivity index (χ0) is 15.4. The van der Waals surface area contributed by atoms with Crippen molar-refractivity contribution in [1.82, 2.24) is 15.5 Å². The maximum absolute atomic E-state index is 13.2. The standard InChI is InChI=1S/C15H19F2N3O/c1-4-13(9(3)18-5-2)15-19-14(20-21-15)10-6-11(16)8-12(17)7-10/h6-9,13,18H,4-5H2,1-3H3. The van der Waals surface area contributed by atoms with Gasteiger partial charge in [-0.25, -0.2) is 8.78 Å². The second-order valence-electron chi connectivity index (χ2n) is 4.98. The summed E-state index contributed by atoms with van der Waals surface area (Å²) in [4.78, 5) is 4.29. The van der Waals surface area contributed by atoms with Gasteiger partial charge in [-0.05, 0) is 32.0 Å². The fourth-order valence-corrected chi connectivity index (χ4v) is 2.39. The number of nitrogens with zero attached hydrogens (tertiary/aromatic N) is 2. The normalized spacial score (nSPS) is 14.1. The summed E-state index contributed by atoms with van der Waals surface area (Å²) in [6.45, 7) is 6.94. The van der Waals surface area contributed by atoms with Crippen LogP contribution in [0.25, 0.3) is 11.4 Å². The Morgan fingerprint density at radius 3 is 2.43 bits per heavy atom. The van der Waals surface area contributed by atoms with Crippen LogP contribution in [0.2, 0.25) is 0 Å². The molecule has 0 fully saturated rings. The summed E-state index contributed by atoms with van der Waals surface area (Å²) in [5.41, 5.74) is 0.272. The summed E-state index contributed by atoms with van der Waals surface area (Å²) in [5.74, 6) is -0.588. The number of hydrogen-bond acceptors (Lipinski definition) is 4. The van der Waals surface area contributed by atoms with E-state index in [1.807, 2.05) is 20.8 Å². The molecule has 2 unspecified atom stereocenters. The van der Waals surface area contributed by atoms with Crippen LogP contribution in [-0.4, -0.2) is 22.7 Å². The fourth-order valence-electron chi connectivity index (χ4n) is 2.39. The molecule has 6 heteroatoms. The first-order valence-electron chi connectivity index (χ1n) is 7.08. The lowest BCUT2D eigenvalue weighted by Gasteiger charge is -2.19. The Hall–Kier alpha value is -1.82. The molecule has 21 heavy (non-hydrogen) atoms. The second-order valence-corrected chi connectivity index (χ2v) is 4.98. The molecule has 0 aliphatic heterocycles. The van der Waals surface area contributed by atoms with Gasteiger partial charge in [-0.3, -0.25) is 0 Å². The Balaban J connectivity index is 2.27. The number of benzene rings is 1. The van der Waals surface area contributed by atoms with Crippen LogP contribution in [0.3, 0.4) is 0 Å². The average Bonchev–Trinajstić information content (AvgIpc) is 2.88. The average molecular weight is 295 g/mol. The summed E-state index contributed by atoms with van der Waals surface area (Å²) in [7, 11) is 0. The summed E-state index contributed by atoms with van der Waals surface area (Å²) >= 11 is 0. The lowest BCUT2D eigenvalue weighted by molar-refractivity contribution is 0.318. The molecule has 0 amide bonds. The Bertz CT molecular complexity index is 580. The largest absolute Gasteiger partial charge is 0.339 e. The van der Waals surface area contributed by atoms with E-state index >= 15 is 0 Å². The van der Waals surface area contributed by atoms with Crippen LogP contribution in [0, 0.1) is 11.6 Å². The maximum atomic E-state index is 13.2. The third kappa shape index (κ3) is 3.64. The quantitative estimate of drug-likeness (QED) is 0.886. The van der Waals surface area contributed by atoms with Crippen LogP contribution < -0.4 is 5.32 Å². The highest BCUT2D eigenvalue weighted by Gasteiger charge is 2.23. The third-order valence-electron chi connectivity index (χ3n) is 3.45. The van der Waals surface area contributed by atoms with Gasteiger partial charge >= 0.3 is 0 Å². The van der Waals surface area contributed by atoms with E-state index in [-0.39, 0.29) is 23.3 Å². The van der Waals surface area contributed by atoms with E-state index in [9.17, 15) is 8.78 Å². The van der Waals surface area contributed by atoms with Gasteiger partial charge in [0.25, 0.3) is 0 Å². The van der Waals surface area contributed by atoms with Crippen molar-refractivity contribution in [3.8, 4) is 11.4 Å². The summed E-state index contributed by atoms with van der Waals surface area (Å²) in [6, 6.07) is 3.36. The minimum atomic E-state index is -0.663.